The van der Waals surface area contributed by atoms with Crippen LogP contribution in [0.5, 0.6) is 0 Å². The molecule has 156 valence electrons. The van der Waals surface area contributed by atoms with E-state index in [9.17, 15) is 4.79 Å². The largest absolute Gasteiger partial charge is 0.340 e. The van der Waals surface area contributed by atoms with Crippen molar-refractivity contribution >= 4 is 17.2 Å². The highest BCUT2D eigenvalue weighted by molar-refractivity contribution is 7.13. The summed E-state index contributed by atoms with van der Waals surface area (Å²) in [6.07, 6.45) is 4.60. The minimum absolute atomic E-state index is 0.287. The van der Waals surface area contributed by atoms with Crippen molar-refractivity contribution in [2.75, 3.05) is 26.2 Å². The third-order valence-corrected chi connectivity index (χ3v) is 7.02. The lowest BCUT2D eigenvalue weighted by atomic mass is 10.1. The van der Waals surface area contributed by atoms with Crippen molar-refractivity contribution in [1.82, 2.24) is 19.9 Å². The summed E-state index contributed by atoms with van der Waals surface area (Å²) in [7, 11) is 0. The maximum Gasteiger partial charge on any atom is 0.268 e. The van der Waals surface area contributed by atoms with Crippen LogP contribution in [0.25, 0.3) is 22.2 Å². The van der Waals surface area contributed by atoms with E-state index in [1.165, 1.54) is 18.4 Å². The Morgan fingerprint density at radius 3 is 2.53 bits per heavy atom. The second-order valence-corrected chi connectivity index (χ2v) is 9.13. The van der Waals surface area contributed by atoms with E-state index in [0.717, 1.165) is 56.0 Å². The molecular weight excluding hydrogens is 396 g/mol. The molecule has 0 atom stereocenters. The van der Waals surface area contributed by atoms with Gasteiger partial charge in [0.1, 0.15) is 0 Å². The molecule has 30 heavy (non-hydrogen) atoms. The zero-order chi connectivity index (χ0) is 20.3. The van der Waals surface area contributed by atoms with E-state index in [0.29, 0.717) is 17.6 Å². The average Bonchev–Trinajstić information content (AvgIpc) is 3.57. The molecule has 5 rings (SSSR count). The fraction of sp³-hybridized carbons (Fsp3) is 0.435. The normalized spacial score (nSPS) is 18.2. The summed E-state index contributed by atoms with van der Waals surface area (Å²) in [5.74, 6) is 1.85. The van der Waals surface area contributed by atoms with Crippen LogP contribution in [-0.4, -0.2) is 52.0 Å². The number of amides is 1. The summed E-state index contributed by atoms with van der Waals surface area (Å²) in [4.78, 5) is 22.6. The van der Waals surface area contributed by atoms with Gasteiger partial charge in [0.2, 0.25) is 11.7 Å². The van der Waals surface area contributed by atoms with Crippen LogP contribution < -0.4 is 0 Å². The van der Waals surface area contributed by atoms with Crippen molar-refractivity contribution < 1.29 is 9.32 Å². The first kappa shape index (κ1) is 19.5. The van der Waals surface area contributed by atoms with Crippen LogP contribution in [0.3, 0.4) is 0 Å². The molecular formula is C23H26N4O2S. The second kappa shape index (κ2) is 8.70. The number of piperazine rings is 1. The molecule has 0 radical (unpaired) electrons. The van der Waals surface area contributed by atoms with Crippen molar-refractivity contribution in [2.45, 2.75) is 32.2 Å². The number of benzene rings is 1. The summed E-state index contributed by atoms with van der Waals surface area (Å²) in [5.41, 5.74) is 2.22. The third-order valence-electron chi connectivity index (χ3n) is 6.16. The molecule has 3 heterocycles. The van der Waals surface area contributed by atoms with Gasteiger partial charge in [0, 0.05) is 44.2 Å². The molecule has 1 aliphatic carbocycles. The van der Waals surface area contributed by atoms with Gasteiger partial charge in [-0.25, -0.2) is 0 Å². The van der Waals surface area contributed by atoms with Crippen LogP contribution in [0, 0.1) is 5.92 Å². The molecule has 1 aliphatic heterocycles. The van der Waals surface area contributed by atoms with Crippen molar-refractivity contribution in [3.05, 3.63) is 47.3 Å². The van der Waals surface area contributed by atoms with Crippen molar-refractivity contribution in [3.63, 3.8) is 0 Å². The van der Waals surface area contributed by atoms with E-state index < -0.39 is 0 Å². The van der Waals surface area contributed by atoms with Gasteiger partial charge in [0.05, 0.1) is 4.88 Å². The molecule has 1 amide bonds. The number of aromatic nitrogens is 2. The molecule has 6 nitrogen and oxygen atoms in total. The maximum absolute atomic E-state index is 12.6. The standard InChI is InChI=1S/C23H26N4O2S/c28-23(19-4-1-2-5-19)27-13-11-26(12-14-27)16-17-7-9-18(10-8-17)21-24-22(29-25-21)20-6-3-15-30-20/h3,6-10,15,19H,1-2,4-5,11-14,16H2. The minimum atomic E-state index is 0.287. The predicted molar refractivity (Wildman–Crippen MR) is 117 cm³/mol. The van der Waals surface area contributed by atoms with Gasteiger partial charge in [-0.15, -0.1) is 11.3 Å². The fourth-order valence-electron chi connectivity index (χ4n) is 4.42. The minimum Gasteiger partial charge on any atom is -0.340 e. The highest BCUT2D eigenvalue weighted by atomic mass is 32.1. The van der Waals surface area contributed by atoms with E-state index in [1.54, 1.807) is 11.3 Å². The van der Waals surface area contributed by atoms with Gasteiger partial charge in [-0.1, -0.05) is 48.3 Å². The molecule has 1 saturated carbocycles. The molecule has 0 bridgehead atoms. The highest BCUT2D eigenvalue weighted by Crippen LogP contribution is 2.28. The highest BCUT2D eigenvalue weighted by Gasteiger charge is 2.29. The lowest BCUT2D eigenvalue weighted by molar-refractivity contribution is -0.137. The van der Waals surface area contributed by atoms with Crippen LogP contribution in [-0.2, 0) is 11.3 Å². The van der Waals surface area contributed by atoms with Crippen molar-refractivity contribution in [3.8, 4) is 22.2 Å². The summed E-state index contributed by atoms with van der Waals surface area (Å²) < 4.78 is 5.39. The molecule has 0 unspecified atom stereocenters. The molecule has 0 spiro atoms. The SMILES string of the molecule is O=C(C1CCCC1)N1CCN(Cc2ccc(-c3noc(-c4cccs4)n3)cc2)CC1. The number of carbonyl (C=O) groups is 1. The van der Waals surface area contributed by atoms with Crippen LogP contribution in [0.1, 0.15) is 31.2 Å². The zero-order valence-electron chi connectivity index (χ0n) is 17.0. The van der Waals surface area contributed by atoms with E-state index in [1.807, 2.05) is 17.5 Å². The van der Waals surface area contributed by atoms with Gasteiger partial charge in [-0.3, -0.25) is 9.69 Å². The lowest BCUT2D eigenvalue weighted by Gasteiger charge is -2.36. The predicted octanol–water partition coefficient (Wildman–Crippen LogP) is 4.30. The average molecular weight is 423 g/mol. The first-order chi connectivity index (χ1) is 14.8. The van der Waals surface area contributed by atoms with Gasteiger partial charge >= 0.3 is 0 Å². The fourth-order valence-corrected chi connectivity index (χ4v) is 5.06. The Balaban J connectivity index is 1.16. The van der Waals surface area contributed by atoms with E-state index >= 15 is 0 Å². The molecule has 1 saturated heterocycles. The summed E-state index contributed by atoms with van der Waals surface area (Å²) >= 11 is 1.59. The molecule has 1 aromatic carbocycles. The Labute approximate surface area is 180 Å². The summed E-state index contributed by atoms with van der Waals surface area (Å²) in [5, 5.41) is 6.12. The topological polar surface area (TPSA) is 62.5 Å². The zero-order valence-corrected chi connectivity index (χ0v) is 17.8. The molecule has 2 aliphatic rings. The van der Waals surface area contributed by atoms with Gasteiger partial charge in [0.15, 0.2) is 0 Å². The smallest absolute Gasteiger partial charge is 0.268 e. The van der Waals surface area contributed by atoms with Gasteiger partial charge in [0.25, 0.3) is 5.89 Å². The van der Waals surface area contributed by atoms with Gasteiger partial charge in [-0.05, 0) is 29.9 Å². The molecule has 0 N–H and O–H groups in total. The van der Waals surface area contributed by atoms with Crippen LogP contribution in [0.4, 0.5) is 0 Å². The molecule has 7 heteroatoms. The maximum atomic E-state index is 12.6. The number of thiophene rings is 1. The van der Waals surface area contributed by atoms with Crippen LogP contribution in [0.2, 0.25) is 0 Å². The van der Waals surface area contributed by atoms with Gasteiger partial charge in [-0.2, -0.15) is 4.98 Å². The monoisotopic (exact) mass is 422 g/mol. The van der Waals surface area contributed by atoms with Gasteiger partial charge < -0.3 is 9.42 Å². The van der Waals surface area contributed by atoms with Crippen molar-refractivity contribution in [1.29, 1.82) is 0 Å². The Morgan fingerprint density at radius 1 is 1.07 bits per heavy atom. The Bertz CT molecular complexity index is 969. The van der Waals surface area contributed by atoms with E-state index in [2.05, 4.69) is 44.2 Å². The molecule has 3 aromatic rings. The Kier molecular flexibility index (Phi) is 5.64. The summed E-state index contributed by atoms with van der Waals surface area (Å²) in [6, 6.07) is 12.3. The molecule has 2 aromatic heterocycles. The van der Waals surface area contributed by atoms with Crippen LogP contribution >= 0.6 is 11.3 Å². The lowest BCUT2D eigenvalue weighted by Crippen LogP contribution is -2.49. The number of hydrogen-bond acceptors (Lipinski definition) is 6. The Morgan fingerprint density at radius 2 is 1.83 bits per heavy atom. The third kappa shape index (κ3) is 4.18. The first-order valence-corrected chi connectivity index (χ1v) is 11.6. The van der Waals surface area contributed by atoms with E-state index in [-0.39, 0.29) is 5.92 Å². The number of carbonyl (C=O) groups excluding carboxylic acids is 1. The number of hydrogen-bond donors (Lipinski definition) is 0. The van der Waals surface area contributed by atoms with Crippen LogP contribution in [0.15, 0.2) is 46.3 Å². The second-order valence-electron chi connectivity index (χ2n) is 8.18. The number of nitrogens with zero attached hydrogens (tertiary/aromatic N) is 4. The number of rotatable bonds is 5. The van der Waals surface area contributed by atoms with E-state index in [4.69, 9.17) is 4.52 Å². The first-order valence-electron chi connectivity index (χ1n) is 10.7. The molecule has 2 fully saturated rings. The quantitative estimate of drug-likeness (QED) is 0.613. The summed E-state index contributed by atoms with van der Waals surface area (Å²) in [6.45, 7) is 4.48. The van der Waals surface area contributed by atoms with Crippen molar-refractivity contribution in [2.24, 2.45) is 5.92 Å². The Hall–Kier alpha value is -2.51.